The first-order chi connectivity index (χ1) is 12.6. The number of carbonyl (C=O) groups is 2. The molecular formula is C18H11F5O3S. The van der Waals surface area contributed by atoms with Gasteiger partial charge in [-0.1, -0.05) is 18.2 Å². The lowest BCUT2D eigenvalue weighted by atomic mass is 10.0. The van der Waals surface area contributed by atoms with Gasteiger partial charge < -0.3 is 4.74 Å². The van der Waals surface area contributed by atoms with Crippen LogP contribution in [-0.4, -0.2) is 22.9 Å². The van der Waals surface area contributed by atoms with Gasteiger partial charge in [-0.15, -0.1) is 0 Å². The molecule has 27 heavy (non-hydrogen) atoms. The summed E-state index contributed by atoms with van der Waals surface area (Å²) < 4.78 is 70.4. The molecule has 0 radical (unpaired) electrons. The van der Waals surface area contributed by atoms with E-state index in [0.717, 1.165) is 18.2 Å². The van der Waals surface area contributed by atoms with E-state index in [9.17, 15) is 31.5 Å². The molecule has 0 unspecified atom stereocenters. The van der Waals surface area contributed by atoms with Gasteiger partial charge in [0.25, 0.3) is 0 Å². The minimum Gasteiger partial charge on any atom is -0.426 e. The molecule has 0 amide bonds. The fourth-order valence-corrected chi connectivity index (χ4v) is 3.19. The number of hydrogen-bond acceptors (Lipinski definition) is 4. The Morgan fingerprint density at radius 1 is 0.926 bits per heavy atom. The van der Waals surface area contributed by atoms with Gasteiger partial charge in [0.2, 0.25) is 0 Å². The van der Waals surface area contributed by atoms with Crippen LogP contribution >= 0.6 is 11.8 Å². The Labute approximate surface area is 154 Å². The average molecular weight is 402 g/mol. The molecule has 0 aromatic heterocycles. The number of ether oxygens (including phenoxy) is 1. The lowest BCUT2D eigenvalue weighted by Crippen LogP contribution is -2.45. The average Bonchev–Trinajstić information content (AvgIpc) is 2.59. The second kappa shape index (κ2) is 6.95. The zero-order chi connectivity index (χ0) is 19.8. The summed E-state index contributed by atoms with van der Waals surface area (Å²) >= 11 is -0.351. The van der Waals surface area contributed by atoms with E-state index in [0.29, 0.717) is 0 Å². The number of rotatable bonds is 5. The van der Waals surface area contributed by atoms with E-state index in [-0.39, 0.29) is 40.6 Å². The van der Waals surface area contributed by atoms with Crippen LogP contribution in [0.1, 0.15) is 33.6 Å². The third kappa shape index (κ3) is 3.97. The maximum absolute atomic E-state index is 13.3. The van der Waals surface area contributed by atoms with E-state index in [2.05, 4.69) is 4.74 Å². The van der Waals surface area contributed by atoms with E-state index in [4.69, 9.17) is 0 Å². The van der Waals surface area contributed by atoms with Crippen molar-refractivity contribution in [1.29, 1.82) is 0 Å². The maximum Gasteiger partial charge on any atom is 0.475 e. The summed E-state index contributed by atoms with van der Waals surface area (Å²) in [6.07, 6.45) is -5.18. The van der Waals surface area contributed by atoms with Crippen molar-refractivity contribution in [1.82, 2.24) is 0 Å². The Balaban J connectivity index is 1.71. The first kappa shape index (κ1) is 19.3. The first-order valence-electron chi connectivity index (χ1n) is 7.69. The van der Waals surface area contributed by atoms with Crippen molar-refractivity contribution in [3.05, 3.63) is 59.4 Å². The van der Waals surface area contributed by atoms with Crippen LogP contribution in [0.25, 0.3) is 0 Å². The number of benzene rings is 2. The fourth-order valence-electron chi connectivity index (χ4n) is 2.42. The molecule has 1 heterocycles. The second-order valence-corrected chi connectivity index (χ2v) is 6.91. The van der Waals surface area contributed by atoms with Gasteiger partial charge in [-0.3, -0.25) is 9.59 Å². The van der Waals surface area contributed by atoms with E-state index in [1.165, 1.54) is 24.3 Å². The Hall–Kier alpha value is -2.42. The largest absolute Gasteiger partial charge is 0.475 e. The summed E-state index contributed by atoms with van der Waals surface area (Å²) in [6, 6.07) is 8.21. The molecule has 0 bridgehead atoms. The van der Waals surface area contributed by atoms with Gasteiger partial charge in [-0.05, 0) is 36.0 Å². The Morgan fingerprint density at radius 3 is 2.19 bits per heavy atom. The Kier molecular flexibility index (Phi) is 4.98. The molecule has 0 aliphatic carbocycles. The number of carbonyl (C=O) groups excluding carboxylic acids is 2. The maximum atomic E-state index is 13.3. The van der Waals surface area contributed by atoms with E-state index in [1.807, 2.05) is 0 Å². The van der Waals surface area contributed by atoms with Crippen LogP contribution in [0.5, 0.6) is 5.75 Å². The lowest BCUT2D eigenvalue weighted by Gasteiger charge is -2.31. The zero-order valence-electron chi connectivity index (χ0n) is 13.5. The van der Waals surface area contributed by atoms with Crippen LogP contribution in [-0.2, 0) is 0 Å². The number of Topliss-reactive ketones (excluding diaryl/α,β-unsaturated/α-hetero) is 2. The van der Waals surface area contributed by atoms with Gasteiger partial charge in [-0.2, -0.15) is 17.6 Å². The number of halogens is 5. The molecule has 0 atom stereocenters. The molecule has 142 valence electrons. The van der Waals surface area contributed by atoms with E-state index >= 15 is 0 Å². The summed E-state index contributed by atoms with van der Waals surface area (Å²) in [6.45, 7) is 0. The standard InChI is InChI=1S/C18H11F5O3S/c19-12-3-1-2-10(8-12)13(24)5-6-14(25)11-4-7-16-15(9-11)26-17(20,21)18(22,23)27-16/h1-4,7-9H,5-6H2. The molecule has 2 aromatic carbocycles. The Bertz CT molecular complexity index is 914. The summed E-state index contributed by atoms with van der Waals surface area (Å²) in [7, 11) is 0. The third-order valence-corrected chi connectivity index (χ3v) is 4.86. The summed E-state index contributed by atoms with van der Waals surface area (Å²) in [5.41, 5.74) is 0.0530. The molecular weight excluding hydrogens is 391 g/mol. The van der Waals surface area contributed by atoms with Gasteiger partial charge in [-0.25, -0.2) is 4.39 Å². The van der Waals surface area contributed by atoms with Crippen LogP contribution in [0.15, 0.2) is 47.4 Å². The van der Waals surface area contributed by atoms with Crippen molar-refractivity contribution in [3.8, 4) is 5.75 Å². The molecule has 0 saturated carbocycles. The first-order valence-corrected chi connectivity index (χ1v) is 8.50. The highest BCUT2D eigenvalue weighted by molar-refractivity contribution is 8.00. The van der Waals surface area contributed by atoms with Crippen molar-refractivity contribution in [2.24, 2.45) is 0 Å². The summed E-state index contributed by atoms with van der Waals surface area (Å²) in [4.78, 5) is 24.0. The van der Waals surface area contributed by atoms with Crippen LogP contribution in [0.2, 0.25) is 0 Å². The highest BCUT2D eigenvalue weighted by atomic mass is 32.2. The molecule has 9 heteroatoms. The predicted molar refractivity (Wildman–Crippen MR) is 87.1 cm³/mol. The van der Waals surface area contributed by atoms with Gasteiger partial charge in [0.15, 0.2) is 11.6 Å². The van der Waals surface area contributed by atoms with Crippen LogP contribution in [0.3, 0.4) is 0 Å². The topological polar surface area (TPSA) is 43.4 Å². The molecule has 0 fully saturated rings. The number of thioether (sulfide) groups is 1. The lowest BCUT2D eigenvalue weighted by molar-refractivity contribution is -0.273. The van der Waals surface area contributed by atoms with Crippen LogP contribution in [0, 0.1) is 5.82 Å². The molecule has 1 aliphatic rings. The van der Waals surface area contributed by atoms with Crippen molar-refractivity contribution in [2.75, 3.05) is 0 Å². The van der Waals surface area contributed by atoms with Crippen molar-refractivity contribution in [2.45, 2.75) is 29.1 Å². The van der Waals surface area contributed by atoms with Crippen LogP contribution in [0.4, 0.5) is 22.0 Å². The highest BCUT2D eigenvalue weighted by Crippen LogP contribution is 2.54. The third-order valence-electron chi connectivity index (χ3n) is 3.81. The molecule has 0 N–H and O–H groups in total. The van der Waals surface area contributed by atoms with Gasteiger partial charge in [0.1, 0.15) is 11.6 Å². The van der Waals surface area contributed by atoms with Gasteiger partial charge >= 0.3 is 11.4 Å². The van der Waals surface area contributed by atoms with Crippen molar-refractivity contribution >= 4 is 23.3 Å². The SMILES string of the molecule is O=C(CCC(=O)c1ccc2c(c1)OC(F)(F)C(F)(F)S2)c1cccc(F)c1. The number of alkyl halides is 4. The Morgan fingerprint density at radius 2 is 1.56 bits per heavy atom. The second-order valence-electron chi connectivity index (χ2n) is 5.76. The molecule has 3 rings (SSSR count). The van der Waals surface area contributed by atoms with Gasteiger partial charge in [0, 0.05) is 24.0 Å². The van der Waals surface area contributed by atoms with E-state index in [1.54, 1.807) is 0 Å². The zero-order valence-corrected chi connectivity index (χ0v) is 14.3. The van der Waals surface area contributed by atoms with E-state index < -0.39 is 34.5 Å². The summed E-state index contributed by atoms with van der Waals surface area (Å²) in [5.74, 6) is -2.14. The molecule has 0 spiro atoms. The normalized spacial score (nSPS) is 16.9. The quantitative estimate of drug-likeness (QED) is 0.500. The van der Waals surface area contributed by atoms with Crippen molar-refractivity contribution in [3.63, 3.8) is 0 Å². The van der Waals surface area contributed by atoms with Crippen LogP contribution < -0.4 is 4.74 Å². The number of hydrogen-bond donors (Lipinski definition) is 0. The van der Waals surface area contributed by atoms with Crippen molar-refractivity contribution < 1.29 is 36.3 Å². The highest BCUT2D eigenvalue weighted by Gasteiger charge is 2.63. The minimum atomic E-state index is -4.71. The predicted octanol–water partition coefficient (Wildman–Crippen LogP) is 5.34. The monoisotopic (exact) mass is 402 g/mol. The minimum absolute atomic E-state index is 0.0533. The summed E-state index contributed by atoms with van der Waals surface area (Å²) in [5, 5.41) is -4.43. The molecule has 1 aliphatic heterocycles. The molecule has 2 aromatic rings. The molecule has 0 saturated heterocycles. The van der Waals surface area contributed by atoms with Gasteiger partial charge in [0.05, 0.1) is 4.90 Å². The smallest absolute Gasteiger partial charge is 0.426 e. The fraction of sp³-hybridized carbons (Fsp3) is 0.222. The number of ketones is 2. The molecule has 3 nitrogen and oxygen atoms in total. The number of fused-ring (bicyclic) bond motifs is 1.